The van der Waals surface area contributed by atoms with E-state index in [0.717, 1.165) is 18.7 Å². The molecular formula is C22H26N2. The standard InChI is InChI=1S/C22H26N2/c1-16(17-8-10-21-19(14-17)6-4-12-23(21)2)18-9-11-22-20(15-18)7-5-13-24(22)3/h8-11,14-15H,1,4-7,12-13H2,2-3H3. The Kier molecular flexibility index (Phi) is 3.84. The Morgan fingerprint density at radius 2 is 1.25 bits per heavy atom. The number of hydrogen-bond acceptors (Lipinski definition) is 2. The first-order valence-electron chi connectivity index (χ1n) is 9.01. The summed E-state index contributed by atoms with van der Waals surface area (Å²) in [5.41, 5.74) is 9.33. The first-order valence-corrected chi connectivity index (χ1v) is 9.01. The predicted octanol–water partition coefficient (Wildman–Crippen LogP) is 4.51. The number of benzene rings is 2. The van der Waals surface area contributed by atoms with Crippen molar-refractivity contribution < 1.29 is 0 Å². The van der Waals surface area contributed by atoms with E-state index in [-0.39, 0.29) is 0 Å². The molecule has 0 N–H and O–H groups in total. The van der Waals surface area contributed by atoms with Gasteiger partial charge in [-0.1, -0.05) is 18.7 Å². The van der Waals surface area contributed by atoms with Crippen molar-refractivity contribution in [2.45, 2.75) is 25.7 Å². The lowest BCUT2D eigenvalue weighted by Crippen LogP contribution is -2.24. The van der Waals surface area contributed by atoms with Gasteiger partial charge >= 0.3 is 0 Å². The summed E-state index contributed by atoms with van der Waals surface area (Å²) in [7, 11) is 4.37. The summed E-state index contributed by atoms with van der Waals surface area (Å²) in [6, 6.07) is 13.7. The lowest BCUT2D eigenvalue weighted by molar-refractivity contribution is 0.744. The normalized spacial score (nSPS) is 16.6. The molecule has 2 heteroatoms. The van der Waals surface area contributed by atoms with Crippen LogP contribution in [0, 0.1) is 0 Å². The van der Waals surface area contributed by atoms with Gasteiger partial charge in [0.25, 0.3) is 0 Å². The van der Waals surface area contributed by atoms with E-state index in [2.05, 4.69) is 66.9 Å². The van der Waals surface area contributed by atoms with Crippen molar-refractivity contribution >= 4 is 16.9 Å². The Bertz CT molecular complexity index is 725. The van der Waals surface area contributed by atoms with Crippen LogP contribution < -0.4 is 9.80 Å². The summed E-state index contributed by atoms with van der Waals surface area (Å²) in [5, 5.41) is 0. The third-order valence-corrected chi connectivity index (χ3v) is 5.56. The average Bonchev–Trinajstić information content (AvgIpc) is 2.61. The second-order valence-electron chi connectivity index (χ2n) is 7.22. The largest absolute Gasteiger partial charge is 0.374 e. The zero-order valence-corrected chi connectivity index (χ0v) is 14.8. The van der Waals surface area contributed by atoms with Gasteiger partial charge in [0.2, 0.25) is 0 Å². The molecule has 2 aliphatic heterocycles. The number of aryl methyl sites for hydroxylation is 2. The highest BCUT2D eigenvalue weighted by Gasteiger charge is 2.17. The van der Waals surface area contributed by atoms with Crippen LogP contribution in [0.15, 0.2) is 43.0 Å². The third-order valence-electron chi connectivity index (χ3n) is 5.56. The smallest absolute Gasteiger partial charge is 0.0396 e. The van der Waals surface area contributed by atoms with E-state index in [1.54, 1.807) is 0 Å². The Morgan fingerprint density at radius 1 is 0.792 bits per heavy atom. The van der Waals surface area contributed by atoms with Crippen molar-refractivity contribution in [2.75, 3.05) is 37.0 Å². The van der Waals surface area contributed by atoms with Crippen LogP contribution in [-0.4, -0.2) is 27.2 Å². The molecule has 2 nitrogen and oxygen atoms in total. The second-order valence-corrected chi connectivity index (χ2v) is 7.22. The van der Waals surface area contributed by atoms with Crippen molar-refractivity contribution in [3.63, 3.8) is 0 Å². The van der Waals surface area contributed by atoms with Gasteiger partial charge < -0.3 is 9.80 Å². The van der Waals surface area contributed by atoms with Gasteiger partial charge in [0, 0.05) is 38.6 Å². The summed E-state index contributed by atoms with van der Waals surface area (Å²) in [6.45, 7) is 6.72. The van der Waals surface area contributed by atoms with Gasteiger partial charge in [-0.25, -0.2) is 0 Å². The van der Waals surface area contributed by atoms with Gasteiger partial charge in [-0.15, -0.1) is 0 Å². The molecule has 0 atom stereocenters. The van der Waals surface area contributed by atoms with Gasteiger partial charge in [0.05, 0.1) is 0 Å². The molecule has 0 bridgehead atoms. The molecule has 2 aromatic carbocycles. The maximum Gasteiger partial charge on any atom is 0.0396 e. The molecule has 124 valence electrons. The van der Waals surface area contributed by atoms with E-state index >= 15 is 0 Å². The van der Waals surface area contributed by atoms with Crippen molar-refractivity contribution in [1.82, 2.24) is 0 Å². The van der Waals surface area contributed by atoms with E-state index in [1.165, 1.54) is 59.3 Å². The quantitative estimate of drug-likeness (QED) is 0.803. The minimum absolute atomic E-state index is 1.14. The summed E-state index contributed by atoms with van der Waals surface area (Å²) in [4.78, 5) is 4.72. The highest BCUT2D eigenvalue weighted by Crippen LogP contribution is 2.33. The Hall–Kier alpha value is -2.22. The van der Waals surface area contributed by atoms with Crippen LogP contribution in [0.5, 0.6) is 0 Å². The molecule has 0 aromatic heterocycles. The fourth-order valence-electron chi connectivity index (χ4n) is 4.11. The minimum atomic E-state index is 1.14. The lowest BCUT2D eigenvalue weighted by atomic mass is 9.91. The zero-order valence-electron chi connectivity index (χ0n) is 14.8. The molecule has 0 amide bonds. The van der Waals surface area contributed by atoms with Crippen LogP contribution in [-0.2, 0) is 12.8 Å². The van der Waals surface area contributed by atoms with Gasteiger partial charge in [0.15, 0.2) is 0 Å². The van der Waals surface area contributed by atoms with Crippen LogP contribution in [0.1, 0.15) is 35.1 Å². The predicted molar refractivity (Wildman–Crippen MR) is 104 cm³/mol. The number of hydrogen-bond donors (Lipinski definition) is 0. The van der Waals surface area contributed by atoms with Gasteiger partial charge in [-0.2, -0.15) is 0 Å². The van der Waals surface area contributed by atoms with E-state index < -0.39 is 0 Å². The fraction of sp³-hybridized carbons (Fsp3) is 0.364. The molecule has 2 aliphatic rings. The van der Waals surface area contributed by atoms with Crippen LogP contribution in [0.25, 0.3) is 5.57 Å². The maximum absolute atomic E-state index is 4.40. The van der Waals surface area contributed by atoms with E-state index in [9.17, 15) is 0 Å². The van der Waals surface area contributed by atoms with E-state index in [0.29, 0.717) is 0 Å². The summed E-state index contributed by atoms with van der Waals surface area (Å²) < 4.78 is 0. The molecule has 0 spiro atoms. The van der Waals surface area contributed by atoms with Crippen molar-refractivity contribution in [2.24, 2.45) is 0 Å². The summed E-state index contributed by atoms with van der Waals surface area (Å²) in [6.07, 6.45) is 4.83. The molecule has 0 aliphatic carbocycles. The molecule has 2 heterocycles. The van der Waals surface area contributed by atoms with Crippen LogP contribution in [0.4, 0.5) is 11.4 Å². The van der Waals surface area contributed by atoms with Crippen molar-refractivity contribution in [1.29, 1.82) is 0 Å². The zero-order chi connectivity index (χ0) is 16.7. The SMILES string of the molecule is C=C(c1ccc2c(c1)CCCN2C)c1ccc2c(c1)CCCN2C. The third kappa shape index (κ3) is 2.60. The van der Waals surface area contributed by atoms with Gasteiger partial charge in [-0.3, -0.25) is 0 Å². The topological polar surface area (TPSA) is 6.48 Å². The van der Waals surface area contributed by atoms with Gasteiger partial charge in [-0.05, 0) is 77.8 Å². The number of anilines is 2. The number of fused-ring (bicyclic) bond motifs is 2. The Labute approximate surface area is 145 Å². The molecule has 0 radical (unpaired) electrons. The molecule has 0 saturated heterocycles. The molecule has 0 fully saturated rings. The van der Waals surface area contributed by atoms with Crippen LogP contribution in [0.2, 0.25) is 0 Å². The number of rotatable bonds is 2. The average molecular weight is 318 g/mol. The Morgan fingerprint density at radius 3 is 1.71 bits per heavy atom. The van der Waals surface area contributed by atoms with E-state index in [1.807, 2.05) is 0 Å². The summed E-state index contributed by atoms with van der Waals surface area (Å²) >= 11 is 0. The molecule has 4 rings (SSSR count). The molecule has 0 unspecified atom stereocenters. The minimum Gasteiger partial charge on any atom is -0.374 e. The van der Waals surface area contributed by atoms with Crippen LogP contribution >= 0.6 is 0 Å². The Balaban J connectivity index is 1.67. The highest BCUT2D eigenvalue weighted by molar-refractivity contribution is 5.81. The second kappa shape index (κ2) is 6.01. The first kappa shape index (κ1) is 15.3. The van der Waals surface area contributed by atoms with Crippen LogP contribution in [0.3, 0.4) is 0 Å². The first-order chi connectivity index (χ1) is 11.6. The monoisotopic (exact) mass is 318 g/mol. The van der Waals surface area contributed by atoms with E-state index in [4.69, 9.17) is 0 Å². The fourth-order valence-corrected chi connectivity index (χ4v) is 4.11. The maximum atomic E-state index is 4.40. The highest BCUT2D eigenvalue weighted by atomic mass is 15.1. The van der Waals surface area contributed by atoms with Crippen molar-refractivity contribution in [3.8, 4) is 0 Å². The summed E-state index contributed by atoms with van der Waals surface area (Å²) in [5.74, 6) is 0. The molecular weight excluding hydrogens is 292 g/mol. The van der Waals surface area contributed by atoms with Crippen molar-refractivity contribution in [3.05, 3.63) is 65.2 Å². The number of nitrogens with zero attached hydrogens (tertiary/aromatic N) is 2. The lowest BCUT2D eigenvalue weighted by Gasteiger charge is -2.29. The molecule has 0 saturated carbocycles. The molecule has 24 heavy (non-hydrogen) atoms. The van der Waals surface area contributed by atoms with Gasteiger partial charge in [0.1, 0.15) is 0 Å². The molecule has 2 aromatic rings.